The highest BCUT2D eigenvalue weighted by Gasteiger charge is 2.11. The second-order valence-corrected chi connectivity index (χ2v) is 3.51. The molecule has 0 radical (unpaired) electrons. The van der Waals surface area contributed by atoms with Crippen LogP contribution in [0.3, 0.4) is 0 Å². The zero-order valence-electron chi connectivity index (χ0n) is 8.81. The Morgan fingerprint density at radius 2 is 1.94 bits per heavy atom. The zero-order chi connectivity index (χ0) is 12.4. The molecule has 0 fully saturated rings. The van der Waals surface area contributed by atoms with Crippen molar-refractivity contribution in [1.82, 2.24) is 0 Å². The number of aromatic hydroxyl groups is 1. The Balaban J connectivity index is 2.79. The van der Waals surface area contributed by atoms with Gasteiger partial charge < -0.3 is 16.2 Å². The van der Waals surface area contributed by atoms with Crippen molar-refractivity contribution in [1.29, 1.82) is 0 Å². The first kappa shape index (κ1) is 10.9. The molecule has 0 saturated carbocycles. The molecule has 0 aliphatic heterocycles. The van der Waals surface area contributed by atoms with E-state index in [0.717, 1.165) is 0 Å². The van der Waals surface area contributed by atoms with Crippen LogP contribution >= 0.6 is 0 Å². The Labute approximate surface area is 96.8 Å². The van der Waals surface area contributed by atoms with Gasteiger partial charge in [0.05, 0.1) is 5.69 Å². The van der Waals surface area contributed by atoms with Gasteiger partial charge in [-0.05, 0) is 11.5 Å². The molecule has 17 heavy (non-hydrogen) atoms. The van der Waals surface area contributed by atoms with Crippen molar-refractivity contribution in [3.63, 3.8) is 0 Å². The number of hydrogen-bond acceptors (Lipinski definition) is 3. The monoisotopic (exact) mass is 230 g/mol. The molecule has 0 unspecified atom stereocenters. The van der Waals surface area contributed by atoms with E-state index in [4.69, 9.17) is 5.73 Å². The zero-order valence-corrected chi connectivity index (χ0v) is 8.81. The average Bonchev–Trinajstić information content (AvgIpc) is 2.32. The molecule has 0 aliphatic carbocycles. The van der Waals surface area contributed by atoms with Crippen LogP contribution in [0.4, 0.5) is 10.5 Å². The van der Waals surface area contributed by atoms with Crippen molar-refractivity contribution in [2.24, 2.45) is 5.73 Å². The molecule has 86 valence electrons. The lowest BCUT2D eigenvalue weighted by atomic mass is 10.0. The second-order valence-electron chi connectivity index (χ2n) is 3.51. The van der Waals surface area contributed by atoms with Gasteiger partial charge in [-0.25, -0.2) is 4.79 Å². The van der Waals surface area contributed by atoms with Crippen molar-refractivity contribution >= 4 is 28.8 Å². The molecule has 2 aromatic carbocycles. The number of phenols is 1. The molecule has 0 saturated heterocycles. The minimum Gasteiger partial charge on any atom is -0.506 e. The van der Waals surface area contributed by atoms with Gasteiger partial charge in [0.25, 0.3) is 0 Å². The number of hydrogen-bond donors (Lipinski definition) is 3. The van der Waals surface area contributed by atoms with Gasteiger partial charge in [0, 0.05) is 10.9 Å². The Hall–Kier alpha value is -2.56. The topological polar surface area (TPSA) is 92.4 Å². The van der Waals surface area contributed by atoms with Crippen molar-refractivity contribution in [2.75, 3.05) is 5.32 Å². The van der Waals surface area contributed by atoms with Gasteiger partial charge in [-0.2, -0.15) is 0 Å². The maximum atomic E-state index is 10.9. The first-order valence-electron chi connectivity index (χ1n) is 4.90. The predicted molar refractivity (Wildman–Crippen MR) is 64.2 cm³/mol. The van der Waals surface area contributed by atoms with Crippen LogP contribution < -0.4 is 11.1 Å². The van der Waals surface area contributed by atoms with Gasteiger partial charge in [-0.1, -0.05) is 24.3 Å². The lowest BCUT2D eigenvalue weighted by molar-refractivity contribution is 0.112. The Bertz CT molecular complexity index is 608. The molecule has 4 N–H and O–H groups in total. The van der Waals surface area contributed by atoms with Crippen molar-refractivity contribution < 1.29 is 14.7 Å². The van der Waals surface area contributed by atoms with Crippen LogP contribution in [0.1, 0.15) is 10.4 Å². The van der Waals surface area contributed by atoms with E-state index in [1.54, 1.807) is 24.3 Å². The minimum absolute atomic E-state index is 0.190. The van der Waals surface area contributed by atoms with E-state index in [1.165, 1.54) is 6.07 Å². The molecule has 5 nitrogen and oxygen atoms in total. The Morgan fingerprint density at radius 1 is 1.29 bits per heavy atom. The number of carbonyl (C=O) groups excluding carboxylic acids is 2. The lowest BCUT2D eigenvalue weighted by Crippen LogP contribution is -2.19. The van der Waals surface area contributed by atoms with E-state index in [1.807, 2.05) is 0 Å². The van der Waals surface area contributed by atoms with Crippen molar-refractivity contribution in [2.45, 2.75) is 0 Å². The summed E-state index contributed by atoms with van der Waals surface area (Å²) >= 11 is 0. The standard InChI is InChI=1S/C12H10N2O3/c13-12(17)14-11-9-4-2-1-3-8(9)7(6-15)5-10(11)16/h1-6,16H,(H3,13,14,17). The number of primary amides is 1. The van der Waals surface area contributed by atoms with Gasteiger partial charge in [0.2, 0.25) is 0 Å². The quantitative estimate of drug-likeness (QED) is 0.543. The summed E-state index contributed by atoms with van der Waals surface area (Å²) in [4.78, 5) is 21.7. The molecular formula is C12H10N2O3. The number of anilines is 1. The maximum Gasteiger partial charge on any atom is 0.316 e. The first-order chi connectivity index (χ1) is 8.13. The highest BCUT2D eigenvalue weighted by atomic mass is 16.3. The Kier molecular flexibility index (Phi) is 2.66. The first-order valence-corrected chi connectivity index (χ1v) is 4.90. The maximum absolute atomic E-state index is 10.9. The van der Waals surface area contributed by atoms with Crippen LogP contribution in [0.15, 0.2) is 30.3 Å². The summed E-state index contributed by atoms with van der Waals surface area (Å²) in [6.07, 6.45) is 0.649. The van der Waals surface area contributed by atoms with E-state index in [9.17, 15) is 14.7 Å². The SMILES string of the molecule is NC(=O)Nc1c(O)cc(C=O)c2ccccc12. The number of urea groups is 1. The van der Waals surface area contributed by atoms with Crippen LogP contribution in [0.2, 0.25) is 0 Å². The molecule has 0 aromatic heterocycles. The molecule has 0 heterocycles. The summed E-state index contributed by atoms with van der Waals surface area (Å²) in [6, 6.07) is 7.44. The normalized spacial score (nSPS) is 10.1. The summed E-state index contributed by atoms with van der Waals surface area (Å²) in [5.74, 6) is -0.190. The van der Waals surface area contributed by atoms with Crippen LogP contribution in [-0.4, -0.2) is 17.4 Å². The fourth-order valence-electron chi connectivity index (χ4n) is 1.74. The minimum atomic E-state index is -0.774. The molecule has 0 atom stereocenters. The lowest BCUT2D eigenvalue weighted by Gasteiger charge is -2.10. The third-order valence-electron chi connectivity index (χ3n) is 2.43. The molecule has 5 heteroatoms. The molecular weight excluding hydrogens is 220 g/mol. The summed E-state index contributed by atoms with van der Waals surface area (Å²) in [6.45, 7) is 0. The van der Waals surface area contributed by atoms with Crippen molar-refractivity contribution in [3.05, 3.63) is 35.9 Å². The number of fused-ring (bicyclic) bond motifs is 1. The number of nitrogens with two attached hydrogens (primary N) is 1. The fraction of sp³-hybridized carbons (Fsp3) is 0. The highest BCUT2D eigenvalue weighted by Crippen LogP contribution is 2.34. The summed E-state index contributed by atoms with van der Waals surface area (Å²) < 4.78 is 0. The fourth-order valence-corrected chi connectivity index (χ4v) is 1.74. The van der Waals surface area contributed by atoms with Gasteiger partial charge in [0.1, 0.15) is 5.75 Å². The summed E-state index contributed by atoms with van der Waals surface area (Å²) in [5.41, 5.74) is 5.59. The molecule has 2 rings (SSSR count). The number of amides is 2. The van der Waals surface area contributed by atoms with Gasteiger partial charge in [-0.15, -0.1) is 0 Å². The largest absolute Gasteiger partial charge is 0.506 e. The van der Waals surface area contributed by atoms with Gasteiger partial charge >= 0.3 is 6.03 Å². The molecule has 0 bridgehead atoms. The predicted octanol–water partition coefficient (Wildman–Crippen LogP) is 1.85. The van der Waals surface area contributed by atoms with Crippen molar-refractivity contribution in [3.8, 4) is 5.75 Å². The molecule has 2 amide bonds. The molecule has 2 aromatic rings. The van der Waals surface area contributed by atoms with Crippen LogP contribution in [0, 0.1) is 0 Å². The van der Waals surface area contributed by atoms with Gasteiger partial charge in [-0.3, -0.25) is 4.79 Å². The third-order valence-corrected chi connectivity index (χ3v) is 2.43. The number of nitrogens with one attached hydrogen (secondary N) is 1. The highest BCUT2D eigenvalue weighted by molar-refractivity contribution is 6.09. The van der Waals surface area contributed by atoms with Gasteiger partial charge in [0.15, 0.2) is 6.29 Å². The van der Waals surface area contributed by atoms with E-state index in [0.29, 0.717) is 22.6 Å². The number of carbonyl (C=O) groups is 2. The molecule has 0 spiro atoms. The van der Waals surface area contributed by atoms with Crippen LogP contribution in [0.25, 0.3) is 10.8 Å². The second kappa shape index (κ2) is 4.13. The number of phenolic OH excluding ortho intramolecular Hbond substituents is 1. The molecule has 0 aliphatic rings. The smallest absolute Gasteiger partial charge is 0.316 e. The van der Waals surface area contributed by atoms with E-state index in [2.05, 4.69) is 5.32 Å². The third kappa shape index (κ3) is 1.90. The summed E-state index contributed by atoms with van der Waals surface area (Å²) in [7, 11) is 0. The number of aldehydes is 1. The van der Waals surface area contributed by atoms with E-state index < -0.39 is 6.03 Å². The van der Waals surface area contributed by atoms with Crippen LogP contribution in [0.5, 0.6) is 5.75 Å². The van der Waals surface area contributed by atoms with E-state index >= 15 is 0 Å². The summed E-state index contributed by atoms with van der Waals surface area (Å²) in [5, 5.41) is 13.3. The average molecular weight is 230 g/mol. The number of benzene rings is 2. The Morgan fingerprint density at radius 3 is 2.53 bits per heavy atom. The van der Waals surface area contributed by atoms with E-state index in [-0.39, 0.29) is 11.4 Å². The number of rotatable bonds is 2. The van der Waals surface area contributed by atoms with Crippen LogP contribution in [-0.2, 0) is 0 Å².